The van der Waals surface area contributed by atoms with Crippen LogP contribution in [0.1, 0.15) is 25.5 Å². The number of halogens is 1. The summed E-state index contributed by atoms with van der Waals surface area (Å²) in [7, 11) is 4.08. The van der Waals surface area contributed by atoms with Crippen molar-refractivity contribution in [3.05, 3.63) is 40.4 Å². The quantitative estimate of drug-likeness (QED) is 0.833. The van der Waals surface area contributed by atoms with Crippen molar-refractivity contribution in [2.24, 2.45) is 0 Å². The fourth-order valence-corrected chi connectivity index (χ4v) is 2.21. The Balaban J connectivity index is 3.10. The van der Waals surface area contributed by atoms with Crippen LogP contribution in [-0.2, 0) is 0 Å². The molecule has 1 atom stereocenters. The summed E-state index contributed by atoms with van der Waals surface area (Å²) in [6.45, 7) is 9.06. The Morgan fingerprint density at radius 2 is 2.18 bits per heavy atom. The van der Waals surface area contributed by atoms with Crippen LogP contribution in [0.4, 0.5) is 5.69 Å². The van der Waals surface area contributed by atoms with Gasteiger partial charge in [-0.25, -0.2) is 0 Å². The average molecular weight is 297 g/mol. The van der Waals surface area contributed by atoms with Crippen molar-refractivity contribution in [2.75, 3.05) is 25.5 Å². The van der Waals surface area contributed by atoms with E-state index in [2.05, 4.69) is 71.8 Å². The highest BCUT2D eigenvalue weighted by atomic mass is 79.9. The molecule has 0 aromatic heterocycles. The SMILES string of the molecule is C=C(C)CN(C)c1cc(Br)ccc1C(C)NC. The zero-order chi connectivity index (χ0) is 13.0. The van der Waals surface area contributed by atoms with Crippen molar-refractivity contribution in [3.8, 4) is 0 Å². The van der Waals surface area contributed by atoms with Crippen LogP contribution >= 0.6 is 15.9 Å². The van der Waals surface area contributed by atoms with Crippen molar-refractivity contribution in [1.82, 2.24) is 5.32 Å². The Bertz CT molecular complexity index is 401. The third kappa shape index (κ3) is 3.86. The molecule has 0 radical (unpaired) electrons. The molecule has 0 fully saturated rings. The van der Waals surface area contributed by atoms with Gasteiger partial charge in [0.15, 0.2) is 0 Å². The minimum absolute atomic E-state index is 0.339. The Hall–Kier alpha value is -0.800. The third-order valence-corrected chi connectivity index (χ3v) is 3.30. The van der Waals surface area contributed by atoms with Crippen molar-refractivity contribution < 1.29 is 0 Å². The zero-order valence-electron chi connectivity index (χ0n) is 11.0. The van der Waals surface area contributed by atoms with Gasteiger partial charge in [0, 0.05) is 29.8 Å². The maximum Gasteiger partial charge on any atom is 0.0426 e. The van der Waals surface area contributed by atoms with Gasteiger partial charge in [0.25, 0.3) is 0 Å². The summed E-state index contributed by atoms with van der Waals surface area (Å²) in [5, 5.41) is 3.28. The third-order valence-electron chi connectivity index (χ3n) is 2.81. The second-order valence-electron chi connectivity index (χ2n) is 4.53. The number of benzene rings is 1. The van der Waals surface area contributed by atoms with Gasteiger partial charge in [-0.1, -0.05) is 34.1 Å². The van der Waals surface area contributed by atoms with E-state index < -0.39 is 0 Å². The van der Waals surface area contributed by atoms with Crippen molar-refractivity contribution in [2.45, 2.75) is 19.9 Å². The highest BCUT2D eigenvalue weighted by molar-refractivity contribution is 9.10. The Morgan fingerprint density at radius 3 is 2.71 bits per heavy atom. The normalized spacial score (nSPS) is 12.3. The predicted molar refractivity (Wildman–Crippen MR) is 79.7 cm³/mol. The molecule has 0 heterocycles. The average Bonchev–Trinajstić information content (AvgIpc) is 2.27. The molecule has 0 amide bonds. The fourth-order valence-electron chi connectivity index (χ4n) is 1.86. The molecule has 94 valence electrons. The molecule has 2 nitrogen and oxygen atoms in total. The van der Waals surface area contributed by atoms with Crippen LogP contribution in [0, 0.1) is 0 Å². The van der Waals surface area contributed by atoms with E-state index in [-0.39, 0.29) is 0 Å². The summed E-state index contributed by atoms with van der Waals surface area (Å²) < 4.78 is 1.10. The Morgan fingerprint density at radius 1 is 1.53 bits per heavy atom. The molecular weight excluding hydrogens is 276 g/mol. The summed E-state index contributed by atoms with van der Waals surface area (Å²) in [4.78, 5) is 2.23. The van der Waals surface area contributed by atoms with Crippen LogP contribution in [0.5, 0.6) is 0 Å². The van der Waals surface area contributed by atoms with Crippen molar-refractivity contribution in [3.63, 3.8) is 0 Å². The van der Waals surface area contributed by atoms with E-state index in [4.69, 9.17) is 0 Å². The van der Waals surface area contributed by atoms with Crippen LogP contribution < -0.4 is 10.2 Å². The lowest BCUT2D eigenvalue weighted by atomic mass is 10.1. The number of likely N-dealkylation sites (N-methyl/N-ethyl adjacent to an activating group) is 1. The molecule has 1 aromatic rings. The van der Waals surface area contributed by atoms with Crippen molar-refractivity contribution in [1.29, 1.82) is 0 Å². The molecule has 1 aromatic carbocycles. The molecule has 1 N–H and O–H groups in total. The van der Waals surface area contributed by atoms with E-state index in [9.17, 15) is 0 Å². The first-order valence-electron chi connectivity index (χ1n) is 5.78. The molecule has 1 rings (SSSR count). The van der Waals surface area contributed by atoms with Crippen molar-refractivity contribution >= 4 is 21.6 Å². The van der Waals surface area contributed by atoms with Crippen LogP contribution in [0.3, 0.4) is 0 Å². The van der Waals surface area contributed by atoms with E-state index in [0.29, 0.717) is 6.04 Å². The number of rotatable bonds is 5. The number of hydrogen-bond acceptors (Lipinski definition) is 2. The van der Waals surface area contributed by atoms with Crippen LogP contribution in [-0.4, -0.2) is 20.6 Å². The van der Waals surface area contributed by atoms with Gasteiger partial charge < -0.3 is 10.2 Å². The molecule has 17 heavy (non-hydrogen) atoms. The van der Waals surface area contributed by atoms with Crippen LogP contribution in [0.15, 0.2) is 34.8 Å². The number of anilines is 1. The summed E-state index contributed by atoms with van der Waals surface area (Å²) >= 11 is 3.53. The van der Waals surface area contributed by atoms with Gasteiger partial charge in [-0.15, -0.1) is 0 Å². The molecule has 0 saturated carbocycles. The molecule has 0 saturated heterocycles. The van der Waals surface area contributed by atoms with Gasteiger partial charge in [0.05, 0.1) is 0 Å². The maximum absolute atomic E-state index is 3.97. The lowest BCUT2D eigenvalue weighted by Gasteiger charge is -2.25. The van der Waals surface area contributed by atoms with E-state index >= 15 is 0 Å². The first kappa shape index (κ1) is 14.3. The van der Waals surface area contributed by atoms with Gasteiger partial charge in [0.1, 0.15) is 0 Å². The standard InChI is InChI=1S/C14H21BrN2/c1-10(2)9-17(5)14-8-12(15)6-7-13(14)11(3)16-4/h6-8,11,16H,1,9H2,2-5H3. The highest BCUT2D eigenvalue weighted by Crippen LogP contribution is 2.29. The van der Waals surface area contributed by atoms with E-state index in [1.165, 1.54) is 11.3 Å². The number of nitrogens with one attached hydrogen (secondary N) is 1. The van der Waals surface area contributed by atoms with Gasteiger partial charge in [-0.2, -0.15) is 0 Å². The monoisotopic (exact) mass is 296 g/mol. The molecule has 0 aliphatic heterocycles. The molecule has 3 heteroatoms. The summed E-state index contributed by atoms with van der Waals surface area (Å²) in [5.41, 5.74) is 3.71. The summed E-state index contributed by atoms with van der Waals surface area (Å²) in [6.07, 6.45) is 0. The predicted octanol–water partition coefficient (Wildman–Crippen LogP) is 3.74. The minimum Gasteiger partial charge on any atom is -0.370 e. The topological polar surface area (TPSA) is 15.3 Å². The first-order chi connectivity index (χ1) is 7.95. The fraction of sp³-hybridized carbons (Fsp3) is 0.429. The highest BCUT2D eigenvalue weighted by Gasteiger charge is 2.12. The summed E-state index contributed by atoms with van der Waals surface area (Å²) in [5.74, 6) is 0. The van der Waals surface area contributed by atoms with E-state index in [0.717, 1.165) is 16.6 Å². The second-order valence-corrected chi connectivity index (χ2v) is 5.44. The first-order valence-corrected chi connectivity index (χ1v) is 6.57. The Labute approximate surface area is 113 Å². The Kier molecular flexibility index (Phi) is 5.22. The van der Waals surface area contributed by atoms with E-state index in [1.807, 2.05) is 7.05 Å². The lowest BCUT2D eigenvalue weighted by molar-refractivity contribution is 0.650. The maximum atomic E-state index is 3.97. The molecular formula is C14H21BrN2. The summed E-state index contributed by atoms with van der Waals surface area (Å²) in [6, 6.07) is 6.74. The molecule has 0 aliphatic carbocycles. The lowest BCUT2D eigenvalue weighted by Crippen LogP contribution is -2.23. The number of hydrogen-bond donors (Lipinski definition) is 1. The van der Waals surface area contributed by atoms with Gasteiger partial charge >= 0.3 is 0 Å². The van der Waals surface area contributed by atoms with Gasteiger partial charge in [-0.05, 0) is 38.6 Å². The molecule has 1 unspecified atom stereocenters. The minimum atomic E-state index is 0.339. The number of nitrogens with zero attached hydrogens (tertiary/aromatic N) is 1. The second kappa shape index (κ2) is 6.22. The van der Waals surface area contributed by atoms with Gasteiger partial charge in [-0.3, -0.25) is 0 Å². The molecule has 0 spiro atoms. The molecule has 0 bridgehead atoms. The van der Waals surface area contributed by atoms with Crippen LogP contribution in [0.2, 0.25) is 0 Å². The molecule has 0 aliphatic rings. The van der Waals surface area contributed by atoms with E-state index in [1.54, 1.807) is 0 Å². The zero-order valence-corrected chi connectivity index (χ0v) is 12.6. The largest absolute Gasteiger partial charge is 0.370 e. The smallest absolute Gasteiger partial charge is 0.0426 e. The van der Waals surface area contributed by atoms with Gasteiger partial charge in [0.2, 0.25) is 0 Å². The van der Waals surface area contributed by atoms with Crippen LogP contribution in [0.25, 0.3) is 0 Å².